The molecule has 3 atom stereocenters. The van der Waals surface area contributed by atoms with E-state index < -0.39 is 46.5 Å². The number of thioether (sulfide) groups is 1. The van der Waals surface area contributed by atoms with Crippen molar-refractivity contribution in [2.24, 2.45) is 5.92 Å². The number of carbonyl (C=O) groups is 3. The second-order valence-corrected chi connectivity index (χ2v) is 12.1. The number of halogens is 3. The molecule has 2 aliphatic heterocycles. The van der Waals surface area contributed by atoms with Gasteiger partial charge in [-0.1, -0.05) is 41.3 Å². The summed E-state index contributed by atoms with van der Waals surface area (Å²) in [5, 5.41) is 2.15. The van der Waals surface area contributed by atoms with Gasteiger partial charge in [0.1, 0.15) is 16.7 Å². The fourth-order valence-electron chi connectivity index (χ4n) is 5.27. The van der Waals surface area contributed by atoms with E-state index in [1.54, 1.807) is 48.5 Å². The van der Waals surface area contributed by atoms with Crippen LogP contribution < -0.4 is 24.6 Å². The number of methoxy groups -OCH3 is 1. The lowest BCUT2D eigenvalue weighted by Gasteiger charge is -2.30. The molecule has 0 radical (unpaired) electrons. The van der Waals surface area contributed by atoms with Gasteiger partial charge >= 0.3 is 11.0 Å². The minimum atomic E-state index is -4.67. The summed E-state index contributed by atoms with van der Waals surface area (Å²) in [6.45, 7) is -0.328. The number of H-pyrrole nitrogens is 1. The van der Waals surface area contributed by atoms with E-state index in [4.69, 9.17) is 9.47 Å². The van der Waals surface area contributed by atoms with Gasteiger partial charge in [-0.05, 0) is 60.2 Å². The minimum Gasteiger partial charge on any atom is -0.497 e. The maximum absolute atomic E-state index is 13.9. The first-order valence-electron chi connectivity index (χ1n) is 13.1. The lowest BCUT2D eigenvalue weighted by atomic mass is 9.83. The molecule has 9 nitrogen and oxygen atoms in total. The van der Waals surface area contributed by atoms with Gasteiger partial charge in [0.05, 0.1) is 29.3 Å². The van der Waals surface area contributed by atoms with Gasteiger partial charge in [0.2, 0.25) is 11.8 Å². The van der Waals surface area contributed by atoms with Gasteiger partial charge in [0.15, 0.2) is 6.61 Å². The first-order chi connectivity index (χ1) is 21.0. The number of ether oxygens (including phenoxy) is 2. The van der Waals surface area contributed by atoms with Crippen molar-refractivity contribution >= 4 is 52.2 Å². The zero-order valence-electron chi connectivity index (χ0n) is 22.7. The number of nitrogens with zero attached hydrogens (tertiary/aromatic N) is 1. The van der Waals surface area contributed by atoms with Crippen molar-refractivity contribution in [2.45, 2.75) is 22.4 Å². The number of nitrogens with one attached hydrogen (secondary N) is 2. The largest absolute Gasteiger partial charge is 0.497 e. The number of imide groups is 1. The maximum Gasteiger partial charge on any atom is 0.416 e. The van der Waals surface area contributed by atoms with Crippen LogP contribution in [-0.2, 0) is 20.6 Å². The molecular weight excluding hydrogens is 619 g/mol. The Morgan fingerprint density at radius 3 is 2.45 bits per heavy atom. The molecule has 4 aromatic rings. The number of thiazole rings is 1. The van der Waals surface area contributed by atoms with E-state index in [1.807, 2.05) is 0 Å². The van der Waals surface area contributed by atoms with Crippen LogP contribution in [-0.4, -0.2) is 41.7 Å². The maximum atomic E-state index is 13.9. The molecule has 0 saturated carbocycles. The summed E-state index contributed by atoms with van der Waals surface area (Å²) in [6.07, 6.45) is -4.67. The summed E-state index contributed by atoms with van der Waals surface area (Å²) in [5.41, 5.74) is -0.0835. The van der Waals surface area contributed by atoms with Gasteiger partial charge in [0.25, 0.3) is 5.91 Å². The monoisotopic (exact) mass is 641 g/mol. The summed E-state index contributed by atoms with van der Waals surface area (Å²) in [7, 11) is 1.53. The van der Waals surface area contributed by atoms with E-state index in [0.29, 0.717) is 32.7 Å². The van der Waals surface area contributed by atoms with Crippen molar-refractivity contribution in [2.75, 3.05) is 23.9 Å². The van der Waals surface area contributed by atoms with Crippen LogP contribution in [0.2, 0.25) is 0 Å². The molecule has 3 aromatic carbocycles. The number of hydrogen-bond donors (Lipinski definition) is 2. The van der Waals surface area contributed by atoms with Crippen LogP contribution in [0.3, 0.4) is 0 Å². The molecule has 0 spiro atoms. The highest BCUT2D eigenvalue weighted by Gasteiger charge is 2.56. The van der Waals surface area contributed by atoms with Gasteiger partial charge in [-0.15, -0.1) is 0 Å². The number of amides is 3. The summed E-state index contributed by atoms with van der Waals surface area (Å²) in [4.78, 5) is 56.0. The predicted molar refractivity (Wildman–Crippen MR) is 157 cm³/mol. The number of fused-ring (bicyclic) bond motifs is 2. The van der Waals surface area contributed by atoms with Crippen molar-refractivity contribution in [1.82, 2.24) is 4.98 Å². The third-order valence-electron chi connectivity index (χ3n) is 7.22. The fraction of sp³-hybridized carbons (Fsp3) is 0.200. The van der Waals surface area contributed by atoms with Crippen molar-refractivity contribution in [3.8, 4) is 11.5 Å². The highest BCUT2D eigenvalue weighted by molar-refractivity contribution is 8.00. The lowest BCUT2D eigenvalue weighted by Crippen LogP contribution is -2.32. The Bertz CT molecular complexity index is 1820. The Morgan fingerprint density at radius 1 is 0.977 bits per heavy atom. The number of aromatic nitrogens is 1. The molecule has 3 heterocycles. The van der Waals surface area contributed by atoms with E-state index in [0.717, 1.165) is 46.2 Å². The smallest absolute Gasteiger partial charge is 0.416 e. The van der Waals surface area contributed by atoms with Gasteiger partial charge in [0, 0.05) is 16.5 Å². The third-order valence-corrected chi connectivity index (χ3v) is 9.62. The van der Waals surface area contributed by atoms with Crippen LogP contribution >= 0.6 is 23.1 Å². The van der Waals surface area contributed by atoms with Crippen LogP contribution in [0.25, 0.3) is 0 Å². The molecule has 2 N–H and O–H groups in total. The van der Waals surface area contributed by atoms with Crippen molar-refractivity contribution in [3.63, 3.8) is 0 Å². The number of carbonyl (C=O) groups excluding carboxylic acids is 3. The quantitative estimate of drug-likeness (QED) is 0.264. The fourth-order valence-corrected chi connectivity index (χ4v) is 7.79. The number of hydrogen-bond acceptors (Lipinski definition) is 8. The third kappa shape index (κ3) is 5.57. The number of aromatic amines is 1. The highest BCUT2D eigenvalue weighted by atomic mass is 32.2. The SMILES string of the molecule is COc1ccc(NC(=O)COc2cccc([C@@H]3c4sc(=O)[nH]c4S[C@H]4C(=O)N(c5cccc(C(F)(F)F)c5)C(=O)[C@@H]34)c2)cc1. The molecule has 0 unspecified atom stereocenters. The molecule has 226 valence electrons. The highest BCUT2D eigenvalue weighted by Crippen LogP contribution is 2.53. The van der Waals surface area contributed by atoms with E-state index in [1.165, 1.54) is 13.2 Å². The van der Waals surface area contributed by atoms with Crippen LogP contribution in [0, 0.1) is 5.92 Å². The number of benzene rings is 3. The molecule has 2 aliphatic rings. The minimum absolute atomic E-state index is 0.180. The van der Waals surface area contributed by atoms with E-state index >= 15 is 0 Å². The van der Waals surface area contributed by atoms with Crippen LogP contribution in [0.4, 0.5) is 24.5 Å². The van der Waals surface area contributed by atoms with Gasteiger partial charge in [-0.2, -0.15) is 13.2 Å². The zero-order valence-corrected chi connectivity index (χ0v) is 24.3. The lowest BCUT2D eigenvalue weighted by molar-refractivity contribution is -0.137. The second-order valence-electron chi connectivity index (χ2n) is 9.95. The summed E-state index contributed by atoms with van der Waals surface area (Å²) >= 11 is 1.92. The van der Waals surface area contributed by atoms with Crippen LogP contribution in [0.1, 0.15) is 21.9 Å². The van der Waals surface area contributed by atoms with Gasteiger partial charge in [-0.3, -0.25) is 19.2 Å². The first-order valence-corrected chi connectivity index (χ1v) is 14.8. The molecule has 0 bridgehead atoms. The Balaban J connectivity index is 1.28. The topological polar surface area (TPSA) is 118 Å². The Labute approximate surface area is 256 Å². The van der Waals surface area contributed by atoms with Gasteiger partial charge < -0.3 is 19.8 Å². The molecule has 0 aliphatic carbocycles. The number of anilines is 2. The average molecular weight is 642 g/mol. The summed E-state index contributed by atoms with van der Waals surface area (Å²) in [6, 6.07) is 17.4. The predicted octanol–water partition coefficient (Wildman–Crippen LogP) is 5.28. The second kappa shape index (κ2) is 11.5. The summed E-state index contributed by atoms with van der Waals surface area (Å²) < 4.78 is 51.1. The normalized spacial score (nSPS) is 19.4. The molecule has 6 rings (SSSR count). The molecular formula is C30H22F3N3O6S2. The van der Waals surface area contributed by atoms with Crippen molar-refractivity contribution < 1.29 is 37.0 Å². The summed E-state index contributed by atoms with van der Waals surface area (Å²) in [5.74, 6) is -2.61. The van der Waals surface area contributed by atoms with E-state index in [2.05, 4.69) is 10.3 Å². The van der Waals surface area contributed by atoms with E-state index in [-0.39, 0.29) is 17.2 Å². The number of alkyl halides is 3. The average Bonchev–Trinajstić information content (AvgIpc) is 3.50. The Morgan fingerprint density at radius 2 is 1.73 bits per heavy atom. The molecule has 3 amide bonds. The van der Waals surface area contributed by atoms with Crippen molar-refractivity contribution in [3.05, 3.63) is 98.5 Å². The Kier molecular flexibility index (Phi) is 7.72. The molecule has 1 saturated heterocycles. The van der Waals surface area contributed by atoms with Crippen LogP contribution in [0.15, 0.2) is 82.6 Å². The molecule has 1 aromatic heterocycles. The van der Waals surface area contributed by atoms with Crippen LogP contribution in [0.5, 0.6) is 11.5 Å². The van der Waals surface area contributed by atoms with E-state index in [9.17, 15) is 32.3 Å². The molecule has 44 heavy (non-hydrogen) atoms. The number of rotatable bonds is 7. The molecule has 14 heteroatoms. The first kappa shape index (κ1) is 29.5. The standard InChI is InChI=1S/C30H22F3N3O6S2/c1-41-19-10-8-17(9-11-19)34-21(37)14-42-20-7-2-4-15(12-20)22-23-25(43-26-24(22)44-29(40)35-26)28(39)36(27(23)38)18-6-3-5-16(13-18)30(31,32)33/h2-13,22-23,25H,14H2,1H3,(H,34,37)(H,35,40)/t22-,23-,25+/m0/s1. The Hall–Kier alpha value is -4.56. The zero-order chi connectivity index (χ0) is 31.2. The van der Waals surface area contributed by atoms with Gasteiger partial charge in [-0.25, -0.2) is 4.90 Å². The van der Waals surface area contributed by atoms with Crippen molar-refractivity contribution in [1.29, 1.82) is 0 Å². The molecule has 1 fully saturated rings.